The Kier molecular flexibility index (Phi) is 3.93. The number of nitrogens with two attached hydrogens (primary N) is 1. The maximum Gasteiger partial charge on any atom is 0.0351 e. The summed E-state index contributed by atoms with van der Waals surface area (Å²) in [6.45, 7) is 5.12. The summed E-state index contributed by atoms with van der Waals surface area (Å²) in [7, 11) is 0. The van der Waals surface area contributed by atoms with Gasteiger partial charge in [0, 0.05) is 6.54 Å². The van der Waals surface area contributed by atoms with Crippen LogP contribution in [0.3, 0.4) is 0 Å². The summed E-state index contributed by atoms with van der Waals surface area (Å²) in [6.07, 6.45) is 2.33. The Labute approximate surface area is 80.1 Å². The fourth-order valence-corrected chi connectivity index (χ4v) is 1.65. The molecular weight excluding hydrogens is 160 g/mol. The van der Waals surface area contributed by atoms with Gasteiger partial charge in [-0.25, -0.2) is 0 Å². The van der Waals surface area contributed by atoms with Crippen molar-refractivity contribution in [2.24, 2.45) is 5.84 Å². The van der Waals surface area contributed by atoms with Crippen LogP contribution in [-0.2, 0) is 13.0 Å². The van der Waals surface area contributed by atoms with Gasteiger partial charge in [0.2, 0.25) is 0 Å². The Morgan fingerprint density at radius 3 is 2.77 bits per heavy atom. The molecule has 0 aliphatic rings. The maximum atomic E-state index is 5.33. The maximum absolute atomic E-state index is 5.33. The molecule has 0 saturated carbocycles. The fraction of sp³-hybridized carbons (Fsp3) is 0.455. The van der Waals surface area contributed by atoms with E-state index in [9.17, 15) is 0 Å². The summed E-state index contributed by atoms with van der Waals surface area (Å²) >= 11 is 0. The Balaban J connectivity index is 2.95. The minimum Gasteiger partial charge on any atom is -0.271 e. The smallest absolute Gasteiger partial charge is 0.0351 e. The summed E-state index contributed by atoms with van der Waals surface area (Å²) < 4.78 is 0. The zero-order valence-corrected chi connectivity index (χ0v) is 8.43. The fourth-order valence-electron chi connectivity index (χ4n) is 1.65. The van der Waals surface area contributed by atoms with Crippen molar-refractivity contribution >= 4 is 0 Å². The molecule has 0 saturated heterocycles. The van der Waals surface area contributed by atoms with Crippen molar-refractivity contribution in [1.82, 2.24) is 5.43 Å². The molecule has 0 radical (unpaired) electrons. The Morgan fingerprint density at radius 1 is 1.38 bits per heavy atom. The van der Waals surface area contributed by atoms with E-state index in [4.69, 9.17) is 5.84 Å². The summed E-state index contributed by atoms with van der Waals surface area (Å²) in [4.78, 5) is 0. The molecular formula is C11H18N2. The number of rotatable bonds is 4. The lowest BCUT2D eigenvalue weighted by molar-refractivity contribution is 0.728. The lowest BCUT2D eigenvalue weighted by atomic mass is 9.98. The highest BCUT2D eigenvalue weighted by atomic mass is 15.2. The lowest BCUT2D eigenvalue weighted by Gasteiger charge is -2.10. The zero-order valence-electron chi connectivity index (χ0n) is 8.43. The van der Waals surface area contributed by atoms with E-state index in [2.05, 4.69) is 37.5 Å². The molecule has 0 aliphatic carbocycles. The second-order valence-electron chi connectivity index (χ2n) is 3.34. The van der Waals surface area contributed by atoms with Gasteiger partial charge in [0.1, 0.15) is 0 Å². The first-order chi connectivity index (χ1) is 6.29. The van der Waals surface area contributed by atoms with Crippen LogP contribution in [0.1, 0.15) is 30.0 Å². The average Bonchev–Trinajstić information content (AvgIpc) is 2.11. The van der Waals surface area contributed by atoms with E-state index >= 15 is 0 Å². The zero-order chi connectivity index (χ0) is 9.68. The third-order valence-electron chi connectivity index (χ3n) is 2.30. The minimum absolute atomic E-state index is 0.761. The Bertz CT molecular complexity index is 269. The number of benzene rings is 1. The molecule has 0 aliphatic heterocycles. The lowest BCUT2D eigenvalue weighted by Crippen LogP contribution is -2.21. The molecule has 1 aromatic rings. The van der Waals surface area contributed by atoms with E-state index < -0.39 is 0 Å². The number of hydrazine groups is 1. The van der Waals surface area contributed by atoms with Crippen LogP contribution < -0.4 is 11.3 Å². The first kappa shape index (κ1) is 10.2. The van der Waals surface area contributed by atoms with Crippen molar-refractivity contribution < 1.29 is 0 Å². The van der Waals surface area contributed by atoms with Crippen LogP contribution in [0, 0.1) is 6.92 Å². The first-order valence-electron chi connectivity index (χ1n) is 4.80. The highest BCUT2D eigenvalue weighted by molar-refractivity contribution is 5.34. The molecule has 1 rings (SSSR count). The van der Waals surface area contributed by atoms with Crippen LogP contribution in [0.4, 0.5) is 0 Å². The predicted octanol–water partition coefficient (Wildman–Crippen LogP) is 1.91. The van der Waals surface area contributed by atoms with E-state index in [0.717, 1.165) is 13.0 Å². The first-order valence-corrected chi connectivity index (χ1v) is 4.80. The van der Waals surface area contributed by atoms with Gasteiger partial charge >= 0.3 is 0 Å². The molecule has 0 amide bonds. The van der Waals surface area contributed by atoms with Crippen LogP contribution in [0.5, 0.6) is 0 Å². The van der Waals surface area contributed by atoms with Crippen molar-refractivity contribution in [1.29, 1.82) is 0 Å². The summed E-state index contributed by atoms with van der Waals surface area (Å²) in [5.41, 5.74) is 6.85. The van der Waals surface area contributed by atoms with E-state index in [1.54, 1.807) is 0 Å². The van der Waals surface area contributed by atoms with E-state index in [1.165, 1.54) is 23.1 Å². The van der Waals surface area contributed by atoms with Gasteiger partial charge in [-0.1, -0.05) is 31.5 Å². The molecule has 0 spiro atoms. The molecule has 1 aromatic carbocycles. The highest BCUT2D eigenvalue weighted by Crippen LogP contribution is 2.15. The quantitative estimate of drug-likeness (QED) is 0.546. The molecule has 3 N–H and O–H groups in total. The van der Waals surface area contributed by atoms with Gasteiger partial charge in [-0.2, -0.15) is 0 Å². The van der Waals surface area contributed by atoms with E-state index in [1.807, 2.05) is 0 Å². The van der Waals surface area contributed by atoms with Gasteiger partial charge < -0.3 is 0 Å². The van der Waals surface area contributed by atoms with E-state index in [0.29, 0.717) is 0 Å². The molecule has 2 heteroatoms. The number of aryl methyl sites for hydroxylation is 1. The van der Waals surface area contributed by atoms with Gasteiger partial charge in [0.25, 0.3) is 0 Å². The highest BCUT2D eigenvalue weighted by Gasteiger charge is 2.02. The summed E-state index contributed by atoms with van der Waals surface area (Å²) in [5.74, 6) is 5.33. The predicted molar refractivity (Wildman–Crippen MR) is 56.2 cm³/mol. The van der Waals surface area contributed by atoms with Gasteiger partial charge in [0.05, 0.1) is 0 Å². The molecule has 0 atom stereocenters. The van der Waals surface area contributed by atoms with Crippen LogP contribution >= 0.6 is 0 Å². The SMILES string of the molecule is CCCc1c(C)cccc1CNN. The normalized spacial score (nSPS) is 10.4. The third-order valence-corrected chi connectivity index (χ3v) is 2.30. The largest absolute Gasteiger partial charge is 0.271 e. The molecule has 0 heterocycles. The average molecular weight is 178 g/mol. The third kappa shape index (κ3) is 2.54. The standard InChI is InChI=1S/C11H18N2/c1-3-5-11-9(2)6-4-7-10(11)8-13-12/h4,6-7,13H,3,5,8,12H2,1-2H3. The van der Waals surface area contributed by atoms with Crippen LogP contribution in [0.15, 0.2) is 18.2 Å². The monoisotopic (exact) mass is 178 g/mol. The van der Waals surface area contributed by atoms with Crippen LogP contribution in [-0.4, -0.2) is 0 Å². The summed E-state index contributed by atoms with van der Waals surface area (Å²) in [5, 5.41) is 0. The Morgan fingerprint density at radius 2 is 2.15 bits per heavy atom. The molecule has 13 heavy (non-hydrogen) atoms. The second-order valence-corrected chi connectivity index (χ2v) is 3.34. The Hall–Kier alpha value is -0.860. The van der Waals surface area contributed by atoms with Crippen LogP contribution in [0.25, 0.3) is 0 Å². The molecule has 0 aromatic heterocycles. The molecule has 0 bridgehead atoms. The van der Waals surface area contributed by atoms with Crippen molar-refractivity contribution in [2.75, 3.05) is 0 Å². The molecule has 0 fully saturated rings. The van der Waals surface area contributed by atoms with Crippen molar-refractivity contribution in [2.45, 2.75) is 33.2 Å². The molecule has 2 nitrogen and oxygen atoms in total. The van der Waals surface area contributed by atoms with Gasteiger partial charge in [-0.3, -0.25) is 11.3 Å². The van der Waals surface area contributed by atoms with E-state index in [-0.39, 0.29) is 0 Å². The van der Waals surface area contributed by atoms with Crippen molar-refractivity contribution in [3.05, 3.63) is 34.9 Å². The topological polar surface area (TPSA) is 38.0 Å². The number of nitrogens with one attached hydrogen (secondary N) is 1. The van der Waals surface area contributed by atoms with Crippen molar-refractivity contribution in [3.63, 3.8) is 0 Å². The minimum atomic E-state index is 0.761. The van der Waals surface area contributed by atoms with Crippen LogP contribution in [0.2, 0.25) is 0 Å². The second kappa shape index (κ2) is 5.00. The number of hydrogen-bond donors (Lipinski definition) is 2. The molecule has 72 valence electrons. The summed E-state index contributed by atoms with van der Waals surface area (Å²) in [6, 6.07) is 6.38. The van der Waals surface area contributed by atoms with Gasteiger partial charge in [0.15, 0.2) is 0 Å². The van der Waals surface area contributed by atoms with Gasteiger partial charge in [-0.05, 0) is 30.0 Å². The van der Waals surface area contributed by atoms with Gasteiger partial charge in [-0.15, -0.1) is 0 Å². The number of hydrogen-bond acceptors (Lipinski definition) is 2. The van der Waals surface area contributed by atoms with Crippen molar-refractivity contribution in [3.8, 4) is 0 Å². The molecule has 0 unspecified atom stereocenters.